The maximum atomic E-state index is 12.6. The molecule has 166 valence electrons. The van der Waals surface area contributed by atoms with Crippen LogP contribution in [0.2, 0.25) is 0 Å². The molecule has 33 heavy (non-hydrogen) atoms. The van der Waals surface area contributed by atoms with Gasteiger partial charge in [-0.3, -0.25) is 14.6 Å². The first-order chi connectivity index (χ1) is 16.1. The normalized spacial score (nSPS) is 10.6. The highest BCUT2D eigenvalue weighted by atomic mass is 16.5. The van der Waals surface area contributed by atoms with Gasteiger partial charge in [-0.25, -0.2) is 0 Å². The molecule has 1 heterocycles. The molecule has 6 heteroatoms. The summed E-state index contributed by atoms with van der Waals surface area (Å²) in [5.41, 5.74) is 4.27. The molecule has 1 aromatic heterocycles. The van der Waals surface area contributed by atoms with Crippen LogP contribution in [0.25, 0.3) is 10.9 Å². The fraction of sp³-hybridized carbons (Fsp3) is 0.148. The van der Waals surface area contributed by atoms with Gasteiger partial charge < -0.3 is 15.4 Å². The van der Waals surface area contributed by atoms with E-state index in [-0.39, 0.29) is 11.8 Å². The molecule has 2 N–H and O–H groups in total. The number of nitrogens with zero attached hydrogens (tertiary/aromatic N) is 1. The molecule has 4 aromatic rings. The van der Waals surface area contributed by atoms with Crippen molar-refractivity contribution < 1.29 is 14.3 Å². The van der Waals surface area contributed by atoms with Gasteiger partial charge in [-0.2, -0.15) is 0 Å². The van der Waals surface area contributed by atoms with Crippen LogP contribution in [-0.2, 0) is 24.3 Å². The maximum absolute atomic E-state index is 12.6. The quantitative estimate of drug-likeness (QED) is 0.434. The molecule has 0 saturated heterocycles. The van der Waals surface area contributed by atoms with Gasteiger partial charge in [0.2, 0.25) is 5.91 Å². The number of ether oxygens (including phenoxy) is 1. The summed E-state index contributed by atoms with van der Waals surface area (Å²) in [6, 6.07) is 24.5. The average Bonchev–Trinajstić information content (AvgIpc) is 2.87. The third-order valence-electron chi connectivity index (χ3n) is 5.39. The fourth-order valence-corrected chi connectivity index (χ4v) is 3.55. The molecule has 6 nitrogen and oxygen atoms in total. The Morgan fingerprint density at radius 2 is 1.55 bits per heavy atom. The van der Waals surface area contributed by atoms with Crippen LogP contribution in [0.1, 0.15) is 27.0 Å². The lowest BCUT2D eigenvalue weighted by Crippen LogP contribution is -2.25. The van der Waals surface area contributed by atoms with E-state index >= 15 is 0 Å². The molecule has 0 aliphatic rings. The minimum atomic E-state index is -0.155. The van der Waals surface area contributed by atoms with Gasteiger partial charge in [0.05, 0.1) is 19.0 Å². The predicted molar refractivity (Wildman–Crippen MR) is 128 cm³/mol. The molecular formula is C27H25N3O3. The summed E-state index contributed by atoms with van der Waals surface area (Å²) in [6.45, 7) is 0.801. The van der Waals surface area contributed by atoms with Crippen molar-refractivity contribution in [3.63, 3.8) is 0 Å². The summed E-state index contributed by atoms with van der Waals surface area (Å²) in [5, 5.41) is 6.91. The number of hydrogen-bond acceptors (Lipinski definition) is 4. The van der Waals surface area contributed by atoms with E-state index in [4.69, 9.17) is 4.74 Å². The summed E-state index contributed by atoms with van der Waals surface area (Å²) in [4.78, 5) is 29.2. The molecule has 0 saturated carbocycles. The number of para-hydroxylation sites is 1. The highest BCUT2D eigenvalue weighted by Gasteiger charge is 2.08. The molecule has 0 fully saturated rings. The summed E-state index contributed by atoms with van der Waals surface area (Å²) < 4.78 is 5.13. The summed E-state index contributed by atoms with van der Waals surface area (Å²) in [7, 11) is 1.61. The Morgan fingerprint density at radius 1 is 0.818 bits per heavy atom. The van der Waals surface area contributed by atoms with Crippen LogP contribution >= 0.6 is 0 Å². The van der Waals surface area contributed by atoms with E-state index in [0.717, 1.165) is 33.3 Å². The zero-order chi connectivity index (χ0) is 23.0. The molecule has 0 aliphatic heterocycles. The monoisotopic (exact) mass is 439 g/mol. The third-order valence-corrected chi connectivity index (χ3v) is 5.39. The number of hydrogen-bond donors (Lipinski definition) is 2. The number of carbonyl (C=O) groups is 2. The zero-order valence-electron chi connectivity index (χ0n) is 18.4. The van der Waals surface area contributed by atoms with Gasteiger partial charge in [-0.05, 0) is 47.0 Å². The lowest BCUT2D eigenvalue weighted by atomic mass is 10.1. The summed E-state index contributed by atoms with van der Waals surface area (Å²) in [5.74, 6) is 0.542. The molecule has 2 amide bonds. The second-order valence-corrected chi connectivity index (χ2v) is 7.67. The number of fused-ring (bicyclic) bond motifs is 1. The molecule has 4 rings (SSSR count). The van der Waals surface area contributed by atoms with E-state index < -0.39 is 0 Å². The number of aromatic nitrogens is 1. The standard InChI is InChI=1S/C27H25N3O3/c1-33-24-13-9-19(10-14-24)16-25(31)29-17-20-7-11-22(12-8-20)27(32)30-18-23-5-2-4-21-6-3-15-28-26(21)23/h2-15H,16-18H2,1H3,(H,29,31)(H,30,32). The molecular weight excluding hydrogens is 414 g/mol. The van der Waals surface area contributed by atoms with Gasteiger partial charge in [-0.1, -0.05) is 48.5 Å². The van der Waals surface area contributed by atoms with E-state index in [1.165, 1.54) is 0 Å². The van der Waals surface area contributed by atoms with E-state index in [0.29, 0.717) is 25.1 Å². The third kappa shape index (κ3) is 5.74. The minimum Gasteiger partial charge on any atom is -0.497 e. The Kier molecular flexibility index (Phi) is 6.95. The van der Waals surface area contributed by atoms with Crippen molar-refractivity contribution in [1.82, 2.24) is 15.6 Å². The first kappa shape index (κ1) is 22.0. The highest BCUT2D eigenvalue weighted by molar-refractivity contribution is 5.94. The van der Waals surface area contributed by atoms with Crippen LogP contribution in [0.15, 0.2) is 85.1 Å². The Labute approximate surface area is 192 Å². The van der Waals surface area contributed by atoms with Gasteiger partial charge in [0.15, 0.2) is 0 Å². The number of benzene rings is 3. The van der Waals surface area contributed by atoms with Crippen molar-refractivity contribution in [2.45, 2.75) is 19.5 Å². The molecule has 0 radical (unpaired) electrons. The average molecular weight is 440 g/mol. The molecule has 0 unspecified atom stereocenters. The molecule has 0 atom stereocenters. The number of carbonyl (C=O) groups excluding carboxylic acids is 2. The number of methoxy groups -OCH3 is 1. The van der Waals surface area contributed by atoms with Crippen molar-refractivity contribution in [3.05, 3.63) is 107 Å². The van der Waals surface area contributed by atoms with Gasteiger partial charge in [0.1, 0.15) is 5.75 Å². The fourth-order valence-electron chi connectivity index (χ4n) is 3.55. The molecule has 0 aliphatic carbocycles. The second kappa shape index (κ2) is 10.4. The van der Waals surface area contributed by atoms with Gasteiger partial charge in [-0.15, -0.1) is 0 Å². The Bertz CT molecular complexity index is 1250. The number of nitrogens with one attached hydrogen (secondary N) is 2. The van der Waals surface area contributed by atoms with Crippen molar-refractivity contribution in [1.29, 1.82) is 0 Å². The minimum absolute atomic E-state index is 0.0642. The van der Waals surface area contributed by atoms with Crippen molar-refractivity contribution in [3.8, 4) is 5.75 Å². The topological polar surface area (TPSA) is 80.3 Å². The SMILES string of the molecule is COc1ccc(CC(=O)NCc2ccc(C(=O)NCc3cccc4cccnc34)cc2)cc1. The van der Waals surface area contributed by atoms with Gasteiger partial charge in [0.25, 0.3) is 5.91 Å². The van der Waals surface area contributed by atoms with Gasteiger partial charge >= 0.3 is 0 Å². The van der Waals surface area contributed by atoms with Crippen LogP contribution in [0.3, 0.4) is 0 Å². The summed E-state index contributed by atoms with van der Waals surface area (Å²) in [6.07, 6.45) is 2.05. The Balaban J connectivity index is 1.28. The zero-order valence-corrected chi connectivity index (χ0v) is 18.4. The van der Waals surface area contributed by atoms with Crippen molar-refractivity contribution in [2.75, 3.05) is 7.11 Å². The largest absolute Gasteiger partial charge is 0.497 e. The lowest BCUT2D eigenvalue weighted by molar-refractivity contribution is -0.120. The smallest absolute Gasteiger partial charge is 0.251 e. The van der Waals surface area contributed by atoms with Crippen LogP contribution in [0.5, 0.6) is 5.75 Å². The van der Waals surface area contributed by atoms with E-state index in [2.05, 4.69) is 15.6 Å². The van der Waals surface area contributed by atoms with Crippen molar-refractivity contribution in [2.24, 2.45) is 0 Å². The molecule has 0 bridgehead atoms. The lowest BCUT2D eigenvalue weighted by Gasteiger charge is -2.09. The van der Waals surface area contributed by atoms with Crippen LogP contribution in [0.4, 0.5) is 0 Å². The molecule has 3 aromatic carbocycles. The highest BCUT2D eigenvalue weighted by Crippen LogP contribution is 2.16. The number of rotatable bonds is 8. The Morgan fingerprint density at radius 3 is 2.30 bits per heavy atom. The second-order valence-electron chi connectivity index (χ2n) is 7.67. The van der Waals surface area contributed by atoms with Crippen molar-refractivity contribution >= 4 is 22.7 Å². The first-order valence-electron chi connectivity index (χ1n) is 10.7. The van der Waals surface area contributed by atoms with E-state index in [9.17, 15) is 9.59 Å². The van der Waals surface area contributed by atoms with E-state index in [1.54, 1.807) is 25.4 Å². The van der Waals surface area contributed by atoms with E-state index in [1.807, 2.05) is 66.7 Å². The Hall–Kier alpha value is -4.19. The van der Waals surface area contributed by atoms with Crippen LogP contribution in [0, 0.1) is 0 Å². The predicted octanol–water partition coefficient (Wildman–Crippen LogP) is 4.03. The molecule has 0 spiro atoms. The summed E-state index contributed by atoms with van der Waals surface area (Å²) >= 11 is 0. The number of amides is 2. The number of pyridine rings is 1. The first-order valence-corrected chi connectivity index (χ1v) is 10.7. The van der Waals surface area contributed by atoms with Gasteiger partial charge in [0, 0.05) is 30.2 Å². The maximum Gasteiger partial charge on any atom is 0.251 e. The van der Waals surface area contributed by atoms with Crippen LogP contribution < -0.4 is 15.4 Å². The van der Waals surface area contributed by atoms with Crippen LogP contribution in [-0.4, -0.2) is 23.9 Å².